The maximum atomic E-state index is 10.3. The molecule has 0 bridgehead atoms. The van der Waals surface area contributed by atoms with E-state index < -0.39 is 68.0 Å². The highest BCUT2D eigenvalue weighted by atomic mass is 32.1. The summed E-state index contributed by atoms with van der Waals surface area (Å²) in [4.78, 5) is 0. The third kappa shape index (κ3) is 4.82. The molecule has 12 heteroatoms. The number of ether oxygens (including phenoxy) is 4. The summed E-state index contributed by atoms with van der Waals surface area (Å²) in [6.07, 6.45) is -13.5. The minimum Gasteiger partial charge on any atom is -0.394 e. The van der Waals surface area contributed by atoms with Crippen LogP contribution in [0.4, 0.5) is 0 Å². The maximum absolute atomic E-state index is 10.3. The number of aliphatic hydroxyl groups excluding tert-OH is 6. The normalized spacial score (nSPS) is 47.1. The summed E-state index contributed by atoms with van der Waals surface area (Å²) < 4.78 is 21.5. The molecule has 5 unspecified atom stereocenters. The Bertz CT molecular complexity index is 429. The van der Waals surface area contributed by atoms with Gasteiger partial charge in [0.05, 0.1) is 19.3 Å². The van der Waals surface area contributed by atoms with Crippen LogP contribution in [0.25, 0.3) is 0 Å². The van der Waals surface area contributed by atoms with Gasteiger partial charge in [0.25, 0.3) is 0 Å². The second-order valence-corrected chi connectivity index (χ2v) is 6.91. The van der Waals surface area contributed by atoms with Crippen LogP contribution in [-0.2, 0) is 18.9 Å². The van der Waals surface area contributed by atoms with Crippen LogP contribution in [0.5, 0.6) is 0 Å². The summed E-state index contributed by atoms with van der Waals surface area (Å²) in [6.45, 7) is -0.418. The van der Waals surface area contributed by atoms with Gasteiger partial charge in [0.2, 0.25) is 0 Å². The van der Waals surface area contributed by atoms with E-state index in [-0.39, 0.29) is 12.4 Å². The standard InChI is InChI=1S/C14H26O10S2/c15-3-5-12(9(18)11(20)13(22-5)21-1-2-25)24-14-10(19)8(17)7(16)6(4-26)23-14/h5-20,25-26H,1-4H2/t5?,6?,7-,8?,9?,10?,11+,12-,13-,14+/m1/s1. The van der Waals surface area contributed by atoms with E-state index in [0.717, 1.165) is 0 Å². The van der Waals surface area contributed by atoms with Gasteiger partial charge in [0, 0.05) is 11.5 Å². The van der Waals surface area contributed by atoms with Crippen molar-refractivity contribution in [3.63, 3.8) is 0 Å². The fourth-order valence-corrected chi connectivity index (χ4v) is 3.27. The Morgan fingerprint density at radius 2 is 1.38 bits per heavy atom. The lowest BCUT2D eigenvalue weighted by Gasteiger charge is -2.46. The molecule has 0 aromatic rings. The third-order valence-corrected chi connectivity index (χ3v) is 4.88. The van der Waals surface area contributed by atoms with Crippen molar-refractivity contribution in [2.24, 2.45) is 0 Å². The zero-order chi connectivity index (χ0) is 19.4. The predicted molar refractivity (Wildman–Crippen MR) is 93.0 cm³/mol. The van der Waals surface area contributed by atoms with Crippen LogP contribution in [0.15, 0.2) is 0 Å². The molecular formula is C14H26O10S2. The molecule has 0 saturated carbocycles. The van der Waals surface area contributed by atoms with Crippen molar-refractivity contribution in [2.75, 3.05) is 24.7 Å². The van der Waals surface area contributed by atoms with Crippen LogP contribution < -0.4 is 0 Å². The van der Waals surface area contributed by atoms with E-state index in [4.69, 9.17) is 18.9 Å². The molecule has 0 aliphatic carbocycles. The van der Waals surface area contributed by atoms with E-state index in [9.17, 15) is 30.6 Å². The summed E-state index contributed by atoms with van der Waals surface area (Å²) in [5.74, 6) is 0.403. The van der Waals surface area contributed by atoms with Gasteiger partial charge in [0.1, 0.15) is 42.7 Å². The molecule has 6 N–H and O–H groups in total. The molecule has 0 spiro atoms. The molecule has 2 rings (SSSR count). The topological polar surface area (TPSA) is 158 Å². The van der Waals surface area contributed by atoms with Gasteiger partial charge in [-0.3, -0.25) is 0 Å². The molecule has 0 radical (unpaired) electrons. The zero-order valence-electron chi connectivity index (χ0n) is 13.8. The van der Waals surface area contributed by atoms with Crippen molar-refractivity contribution in [1.82, 2.24) is 0 Å². The highest BCUT2D eigenvalue weighted by Gasteiger charge is 2.50. The molecule has 2 aliphatic heterocycles. The highest BCUT2D eigenvalue weighted by Crippen LogP contribution is 2.29. The van der Waals surface area contributed by atoms with E-state index in [1.165, 1.54) is 0 Å². The molecule has 2 heterocycles. The SMILES string of the molecule is OCC1O[C@@H](OCCS)[C@@H](O)C(O)[C@@H]1O[C@@H]1OC(CS)[C@@H](O)C(O)C1O. The first kappa shape index (κ1) is 22.6. The average Bonchev–Trinajstić information content (AvgIpc) is 2.64. The molecule has 10 atom stereocenters. The van der Waals surface area contributed by atoms with Gasteiger partial charge in [-0.05, 0) is 0 Å². The van der Waals surface area contributed by atoms with E-state index >= 15 is 0 Å². The second kappa shape index (κ2) is 10.2. The molecule has 0 aromatic heterocycles. The molecule has 10 nitrogen and oxygen atoms in total. The van der Waals surface area contributed by atoms with Gasteiger partial charge in [-0.2, -0.15) is 25.3 Å². The smallest absolute Gasteiger partial charge is 0.187 e. The lowest BCUT2D eigenvalue weighted by Crippen LogP contribution is -2.64. The van der Waals surface area contributed by atoms with E-state index in [1.54, 1.807) is 0 Å². The molecule has 2 fully saturated rings. The van der Waals surface area contributed by atoms with Crippen molar-refractivity contribution >= 4 is 25.3 Å². The van der Waals surface area contributed by atoms with Gasteiger partial charge in [-0.1, -0.05) is 0 Å². The lowest BCUT2D eigenvalue weighted by atomic mass is 9.97. The van der Waals surface area contributed by atoms with E-state index in [1.807, 2.05) is 0 Å². The van der Waals surface area contributed by atoms with Crippen LogP contribution in [0.2, 0.25) is 0 Å². The van der Waals surface area contributed by atoms with Crippen LogP contribution >= 0.6 is 25.3 Å². The third-order valence-electron chi connectivity index (χ3n) is 4.33. The molecule has 2 saturated heterocycles. The first-order valence-corrected chi connectivity index (χ1v) is 9.43. The number of hydrogen-bond donors (Lipinski definition) is 8. The minimum atomic E-state index is -1.62. The van der Waals surface area contributed by atoms with Crippen LogP contribution in [0.3, 0.4) is 0 Å². The quantitative estimate of drug-likeness (QED) is 0.195. The first-order valence-electron chi connectivity index (χ1n) is 8.16. The molecule has 0 amide bonds. The lowest BCUT2D eigenvalue weighted by molar-refractivity contribution is -0.355. The Balaban J connectivity index is 2.09. The van der Waals surface area contributed by atoms with E-state index in [0.29, 0.717) is 5.75 Å². The number of hydrogen-bond acceptors (Lipinski definition) is 12. The predicted octanol–water partition coefficient (Wildman–Crippen LogP) is -3.51. The van der Waals surface area contributed by atoms with Crippen molar-refractivity contribution in [3.05, 3.63) is 0 Å². The molecule has 0 aromatic carbocycles. The van der Waals surface area contributed by atoms with Gasteiger partial charge in [-0.25, -0.2) is 0 Å². The number of rotatable bonds is 7. The Labute approximate surface area is 161 Å². The monoisotopic (exact) mass is 418 g/mol. The molecule has 154 valence electrons. The van der Waals surface area contributed by atoms with E-state index in [2.05, 4.69) is 25.3 Å². The minimum absolute atomic E-state index is 0.0419. The summed E-state index contributed by atoms with van der Waals surface area (Å²) in [7, 11) is 0. The van der Waals surface area contributed by atoms with Gasteiger partial charge < -0.3 is 49.6 Å². The Morgan fingerprint density at radius 1 is 0.769 bits per heavy atom. The summed E-state index contributed by atoms with van der Waals surface area (Å²) in [5.41, 5.74) is 0. The van der Waals surface area contributed by atoms with Crippen molar-refractivity contribution < 1.29 is 49.6 Å². The van der Waals surface area contributed by atoms with Gasteiger partial charge >= 0.3 is 0 Å². The molecule has 2 aliphatic rings. The Morgan fingerprint density at radius 3 is 1.96 bits per heavy atom. The van der Waals surface area contributed by atoms with Crippen LogP contribution in [0.1, 0.15) is 0 Å². The summed E-state index contributed by atoms with van der Waals surface area (Å²) in [5, 5.41) is 59.8. The van der Waals surface area contributed by atoms with Crippen molar-refractivity contribution in [3.8, 4) is 0 Å². The Hall–Kier alpha value is 0.300. The van der Waals surface area contributed by atoms with Crippen molar-refractivity contribution in [2.45, 2.75) is 61.4 Å². The van der Waals surface area contributed by atoms with Crippen molar-refractivity contribution in [1.29, 1.82) is 0 Å². The second-order valence-electron chi connectivity index (χ2n) is 6.10. The zero-order valence-corrected chi connectivity index (χ0v) is 15.6. The number of thiol groups is 2. The van der Waals surface area contributed by atoms with Gasteiger partial charge in [-0.15, -0.1) is 0 Å². The summed E-state index contributed by atoms with van der Waals surface area (Å²) >= 11 is 7.97. The largest absolute Gasteiger partial charge is 0.394 e. The molecular weight excluding hydrogens is 392 g/mol. The highest BCUT2D eigenvalue weighted by molar-refractivity contribution is 7.80. The molecule has 26 heavy (non-hydrogen) atoms. The first-order chi connectivity index (χ1) is 12.3. The average molecular weight is 418 g/mol. The maximum Gasteiger partial charge on any atom is 0.187 e. The fraction of sp³-hybridized carbons (Fsp3) is 1.00. The summed E-state index contributed by atoms with van der Waals surface area (Å²) in [6, 6.07) is 0. The van der Waals surface area contributed by atoms with Crippen LogP contribution in [-0.4, -0.2) is 117 Å². The fourth-order valence-electron chi connectivity index (χ4n) is 2.86. The van der Waals surface area contributed by atoms with Crippen LogP contribution in [0, 0.1) is 0 Å². The Kier molecular flexibility index (Phi) is 8.85. The number of aliphatic hydroxyl groups is 6. The van der Waals surface area contributed by atoms with Gasteiger partial charge in [0.15, 0.2) is 12.6 Å².